The Morgan fingerprint density at radius 2 is 1.71 bits per heavy atom. The predicted octanol–water partition coefficient (Wildman–Crippen LogP) is 1.92. The van der Waals surface area contributed by atoms with E-state index in [1.54, 1.807) is 63.6 Å². The van der Waals surface area contributed by atoms with Gasteiger partial charge in [0.2, 0.25) is 0 Å². The Bertz CT molecular complexity index is 1520. The molecule has 2 heterocycles. The lowest BCUT2D eigenvalue weighted by Gasteiger charge is -2.25. The molecule has 0 bridgehead atoms. The van der Waals surface area contributed by atoms with Crippen LogP contribution in [0.2, 0.25) is 0 Å². The van der Waals surface area contributed by atoms with Crippen LogP contribution in [-0.2, 0) is 9.53 Å². The number of hydrogen-bond donors (Lipinski definition) is 1. The Kier molecular flexibility index (Phi) is 6.75. The van der Waals surface area contributed by atoms with E-state index in [9.17, 15) is 14.9 Å². The van der Waals surface area contributed by atoms with Gasteiger partial charge in [-0.05, 0) is 48.4 Å². The zero-order valence-corrected chi connectivity index (χ0v) is 20.2. The number of nitriles is 1. The summed E-state index contributed by atoms with van der Waals surface area (Å²) in [6.45, 7) is 1.80. The van der Waals surface area contributed by atoms with Crippen LogP contribution >= 0.6 is 11.3 Å². The molecular weight excluding hydrogens is 466 g/mol. The Morgan fingerprint density at radius 1 is 1.11 bits per heavy atom. The minimum Gasteiger partial charge on any atom is -0.497 e. The molecule has 0 unspecified atom stereocenters. The van der Waals surface area contributed by atoms with Crippen molar-refractivity contribution in [2.45, 2.75) is 12.8 Å². The van der Waals surface area contributed by atoms with Crippen molar-refractivity contribution >= 4 is 34.8 Å². The molecule has 8 nitrogen and oxygen atoms in total. The van der Waals surface area contributed by atoms with Crippen LogP contribution in [0.25, 0.3) is 17.5 Å². The lowest BCUT2D eigenvalue weighted by molar-refractivity contribution is -0.138. The number of nitrogens with two attached hydrogens (primary N) is 1. The number of nitrogens with zero attached hydrogens (tertiary/aromatic N) is 2. The minimum atomic E-state index is -0.795. The van der Waals surface area contributed by atoms with E-state index in [0.717, 1.165) is 16.9 Å². The summed E-state index contributed by atoms with van der Waals surface area (Å²) in [6.07, 6.45) is 1.71. The number of hydrogen-bond acceptors (Lipinski definition) is 8. The summed E-state index contributed by atoms with van der Waals surface area (Å²) < 4.78 is 17.7. The van der Waals surface area contributed by atoms with E-state index in [1.807, 2.05) is 12.1 Å². The van der Waals surface area contributed by atoms with Gasteiger partial charge >= 0.3 is 5.97 Å². The van der Waals surface area contributed by atoms with Gasteiger partial charge in [0.15, 0.2) is 0 Å². The maximum atomic E-state index is 13.4. The van der Waals surface area contributed by atoms with Crippen molar-refractivity contribution in [1.82, 2.24) is 4.57 Å². The first kappa shape index (κ1) is 23.9. The Balaban J connectivity index is 2.00. The highest BCUT2D eigenvalue weighted by Crippen LogP contribution is 2.37. The van der Waals surface area contributed by atoms with Gasteiger partial charge in [-0.3, -0.25) is 9.36 Å². The van der Waals surface area contributed by atoms with Gasteiger partial charge < -0.3 is 19.9 Å². The lowest BCUT2D eigenvalue weighted by atomic mass is 9.84. The Hall–Kier alpha value is -4.29. The van der Waals surface area contributed by atoms with Crippen LogP contribution in [0.1, 0.15) is 24.0 Å². The number of thiazole rings is 1. The third-order valence-electron chi connectivity index (χ3n) is 5.63. The van der Waals surface area contributed by atoms with Crippen LogP contribution in [0.3, 0.4) is 0 Å². The summed E-state index contributed by atoms with van der Waals surface area (Å²) in [6, 6.07) is 16.4. The number of ether oxygens (including phenoxy) is 3. The van der Waals surface area contributed by atoms with Crippen molar-refractivity contribution in [3.05, 3.63) is 84.8 Å². The molecule has 178 valence electrons. The molecule has 35 heavy (non-hydrogen) atoms. The zero-order chi connectivity index (χ0) is 25.1. The number of rotatable bonds is 6. The van der Waals surface area contributed by atoms with Crippen molar-refractivity contribution in [2.24, 2.45) is 5.73 Å². The summed E-state index contributed by atoms with van der Waals surface area (Å²) in [5.41, 5.74) is 7.75. The number of aromatic nitrogens is 1. The average Bonchev–Trinajstić information content (AvgIpc) is 3.20. The first-order chi connectivity index (χ1) is 16.9. The second-order valence-corrected chi connectivity index (χ2v) is 8.61. The highest BCUT2D eigenvalue weighted by molar-refractivity contribution is 7.07. The van der Waals surface area contributed by atoms with Crippen LogP contribution < -0.4 is 30.0 Å². The van der Waals surface area contributed by atoms with Gasteiger partial charge in [-0.1, -0.05) is 24.3 Å². The molecule has 0 radical (unpaired) electrons. The standard InChI is InChI=1S/C26H23N3O5S/c1-4-34-26(31)22-21(16-7-11-18(33-3)12-8-16)19(14-27)25-29(23(22)28)24(30)20(35-25)13-15-5-9-17(32-2)10-6-15/h5-13,21H,4,28H2,1-3H3/b20-13-/t21-/m0/s1. The summed E-state index contributed by atoms with van der Waals surface area (Å²) in [4.78, 5) is 26.4. The number of carbonyl (C=O) groups is 1. The number of methoxy groups -OCH3 is 2. The molecule has 0 saturated carbocycles. The third-order valence-corrected chi connectivity index (χ3v) is 6.73. The van der Waals surface area contributed by atoms with E-state index in [4.69, 9.17) is 19.9 Å². The fraction of sp³-hybridized carbons (Fsp3) is 0.192. The zero-order valence-electron chi connectivity index (χ0n) is 19.4. The SMILES string of the molecule is CCOC(=O)C1=C(N)n2c(s/c(=C\c3ccc(OC)cc3)c2=O)=C(C#N)[C@@H]1c1ccc(OC)cc1. The van der Waals surface area contributed by atoms with Gasteiger partial charge in [0.25, 0.3) is 5.56 Å². The number of carbonyl (C=O) groups excluding carboxylic acids is 1. The molecule has 0 fully saturated rings. The molecule has 1 aliphatic rings. The molecular formula is C26H23N3O5S. The lowest BCUT2D eigenvalue weighted by Crippen LogP contribution is -2.40. The van der Waals surface area contributed by atoms with Crippen molar-refractivity contribution in [2.75, 3.05) is 20.8 Å². The van der Waals surface area contributed by atoms with Crippen LogP contribution in [0.4, 0.5) is 0 Å². The Morgan fingerprint density at radius 3 is 2.26 bits per heavy atom. The van der Waals surface area contributed by atoms with Crippen LogP contribution in [-0.4, -0.2) is 31.4 Å². The fourth-order valence-electron chi connectivity index (χ4n) is 3.94. The summed E-state index contributed by atoms with van der Waals surface area (Å²) >= 11 is 1.15. The van der Waals surface area contributed by atoms with E-state index >= 15 is 0 Å². The number of fused-ring (bicyclic) bond motifs is 1. The average molecular weight is 490 g/mol. The topological polar surface area (TPSA) is 117 Å². The van der Waals surface area contributed by atoms with Gasteiger partial charge in [-0.15, -0.1) is 11.3 Å². The third kappa shape index (κ3) is 4.32. The minimum absolute atomic E-state index is 0.0473. The van der Waals surface area contributed by atoms with Crippen LogP contribution in [0, 0.1) is 11.3 Å². The highest BCUT2D eigenvalue weighted by Gasteiger charge is 2.36. The van der Waals surface area contributed by atoms with Gasteiger partial charge in [0.05, 0.1) is 48.5 Å². The molecule has 0 aliphatic carbocycles. The van der Waals surface area contributed by atoms with Crippen LogP contribution in [0.5, 0.6) is 11.5 Å². The van der Waals surface area contributed by atoms with Gasteiger partial charge in [0, 0.05) is 0 Å². The summed E-state index contributed by atoms with van der Waals surface area (Å²) in [5, 5.41) is 10.2. The maximum Gasteiger partial charge on any atom is 0.338 e. The van der Waals surface area contributed by atoms with E-state index in [-0.39, 0.29) is 23.6 Å². The molecule has 2 N–H and O–H groups in total. The molecule has 4 rings (SSSR count). The van der Waals surface area contributed by atoms with E-state index in [1.165, 1.54) is 4.57 Å². The second kappa shape index (κ2) is 9.91. The number of esters is 1. The summed E-state index contributed by atoms with van der Waals surface area (Å²) in [5.74, 6) is -0.200. The molecule has 0 spiro atoms. The smallest absolute Gasteiger partial charge is 0.338 e. The maximum absolute atomic E-state index is 13.4. The van der Waals surface area contributed by atoms with Crippen molar-refractivity contribution in [1.29, 1.82) is 5.26 Å². The van der Waals surface area contributed by atoms with E-state index in [0.29, 0.717) is 26.3 Å². The quantitative estimate of drug-likeness (QED) is 0.526. The molecule has 2 aromatic carbocycles. The van der Waals surface area contributed by atoms with E-state index < -0.39 is 17.4 Å². The van der Waals surface area contributed by atoms with Gasteiger partial charge in [0.1, 0.15) is 22.0 Å². The molecule has 0 amide bonds. The normalized spacial score (nSPS) is 15.4. The predicted molar refractivity (Wildman–Crippen MR) is 133 cm³/mol. The Labute approximate surface area is 205 Å². The molecule has 1 aliphatic heterocycles. The van der Waals surface area contributed by atoms with Crippen molar-refractivity contribution in [3.8, 4) is 17.6 Å². The second-order valence-electron chi connectivity index (χ2n) is 7.58. The van der Waals surface area contributed by atoms with Gasteiger partial charge in [-0.25, -0.2) is 4.79 Å². The van der Waals surface area contributed by atoms with Crippen molar-refractivity contribution < 1.29 is 19.0 Å². The molecule has 1 aromatic heterocycles. The highest BCUT2D eigenvalue weighted by atomic mass is 32.1. The first-order valence-electron chi connectivity index (χ1n) is 10.8. The largest absolute Gasteiger partial charge is 0.497 e. The first-order valence-corrected chi connectivity index (χ1v) is 11.6. The van der Waals surface area contributed by atoms with E-state index in [2.05, 4.69) is 6.07 Å². The molecule has 9 heteroatoms. The monoisotopic (exact) mass is 489 g/mol. The molecule has 0 saturated heterocycles. The molecule has 1 atom stereocenters. The van der Waals surface area contributed by atoms with Gasteiger partial charge in [-0.2, -0.15) is 5.26 Å². The van der Waals surface area contributed by atoms with Crippen LogP contribution in [0.15, 0.2) is 58.9 Å². The van der Waals surface area contributed by atoms with Crippen molar-refractivity contribution in [3.63, 3.8) is 0 Å². The number of benzene rings is 2. The molecule has 3 aromatic rings. The fourth-order valence-corrected chi connectivity index (χ4v) is 5.07. The summed E-state index contributed by atoms with van der Waals surface area (Å²) in [7, 11) is 3.13.